The quantitative estimate of drug-likeness (QED) is 0.380. The zero-order valence-corrected chi connectivity index (χ0v) is 20.7. The van der Waals surface area contributed by atoms with Gasteiger partial charge in [0.1, 0.15) is 5.82 Å². The molecular formula is C27H38N4OS. The van der Waals surface area contributed by atoms with Gasteiger partial charge in [0.2, 0.25) is 5.91 Å². The first-order valence-electron chi connectivity index (χ1n) is 12.8. The smallest absolute Gasteiger partial charge is 0.224 e. The van der Waals surface area contributed by atoms with E-state index in [0.29, 0.717) is 6.42 Å². The van der Waals surface area contributed by atoms with Gasteiger partial charge in [-0.25, -0.2) is 4.98 Å². The molecule has 1 heterocycles. The van der Waals surface area contributed by atoms with Gasteiger partial charge in [-0.2, -0.15) is 11.8 Å². The molecule has 0 saturated heterocycles. The van der Waals surface area contributed by atoms with Crippen LogP contribution in [0, 0.1) is 23.2 Å². The monoisotopic (exact) mass is 466 g/mol. The van der Waals surface area contributed by atoms with E-state index in [1.807, 2.05) is 36.0 Å². The molecule has 2 aromatic rings. The number of fused-ring (bicyclic) bond motifs is 1. The van der Waals surface area contributed by atoms with Crippen molar-refractivity contribution in [2.75, 3.05) is 42.3 Å². The van der Waals surface area contributed by atoms with Gasteiger partial charge in [-0.15, -0.1) is 0 Å². The van der Waals surface area contributed by atoms with Crippen LogP contribution in [0.1, 0.15) is 51.4 Å². The topological polar surface area (TPSA) is 66.0 Å². The molecule has 5 nitrogen and oxygen atoms in total. The van der Waals surface area contributed by atoms with E-state index in [1.165, 1.54) is 50.7 Å². The molecule has 0 unspecified atom stereocenters. The number of nitrogens with zero attached hydrogens (tertiary/aromatic N) is 1. The second kappa shape index (κ2) is 10.2. The number of aromatic nitrogens is 1. The van der Waals surface area contributed by atoms with E-state index in [1.54, 1.807) is 0 Å². The highest BCUT2D eigenvalue weighted by molar-refractivity contribution is 7.98. The van der Waals surface area contributed by atoms with Gasteiger partial charge in [-0.3, -0.25) is 4.79 Å². The molecule has 3 N–H and O–H groups in total. The fourth-order valence-electron chi connectivity index (χ4n) is 7.15. The Labute approximate surface area is 202 Å². The molecule has 6 heteroatoms. The molecule has 0 aliphatic heterocycles. The minimum Gasteiger partial charge on any atom is -0.369 e. The molecule has 33 heavy (non-hydrogen) atoms. The van der Waals surface area contributed by atoms with Crippen molar-refractivity contribution in [2.24, 2.45) is 23.2 Å². The van der Waals surface area contributed by atoms with E-state index >= 15 is 0 Å². The third kappa shape index (κ3) is 5.48. The fourth-order valence-corrected chi connectivity index (χ4v) is 7.58. The van der Waals surface area contributed by atoms with E-state index in [4.69, 9.17) is 4.98 Å². The van der Waals surface area contributed by atoms with Crippen LogP contribution in [0.5, 0.6) is 0 Å². The third-order valence-corrected chi connectivity index (χ3v) is 8.71. The minimum atomic E-state index is 0.180. The lowest BCUT2D eigenvalue weighted by Crippen LogP contribution is -2.47. The van der Waals surface area contributed by atoms with Crippen molar-refractivity contribution in [1.29, 1.82) is 0 Å². The SMILES string of the molecule is CSCCCNCCNc1ccc2c(NC(=O)CC34CC5CC(CC(C5)C3)C4)cccc2n1. The second-order valence-electron chi connectivity index (χ2n) is 10.7. The van der Waals surface area contributed by atoms with Gasteiger partial charge in [-0.05, 0) is 111 Å². The highest BCUT2D eigenvalue weighted by atomic mass is 32.2. The van der Waals surface area contributed by atoms with Gasteiger partial charge < -0.3 is 16.0 Å². The van der Waals surface area contributed by atoms with Crippen LogP contribution in [0.2, 0.25) is 0 Å². The average Bonchev–Trinajstić information content (AvgIpc) is 2.77. The molecular weight excluding hydrogens is 428 g/mol. The predicted octanol–water partition coefficient (Wildman–Crippen LogP) is 5.53. The van der Waals surface area contributed by atoms with Gasteiger partial charge in [0.25, 0.3) is 0 Å². The van der Waals surface area contributed by atoms with Gasteiger partial charge >= 0.3 is 0 Å². The van der Waals surface area contributed by atoms with E-state index < -0.39 is 0 Å². The van der Waals surface area contributed by atoms with Crippen molar-refractivity contribution in [2.45, 2.75) is 51.4 Å². The Morgan fingerprint density at radius 1 is 1.03 bits per heavy atom. The Morgan fingerprint density at radius 3 is 2.52 bits per heavy atom. The van der Waals surface area contributed by atoms with Crippen LogP contribution >= 0.6 is 11.8 Å². The van der Waals surface area contributed by atoms with Crippen LogP contribution < -0.4 is 16.0 Å². The lowest BCUT2D eigenvalue weighted by molar-refractivity contribution is -0.124. The number of amides is 1. The number of carbonyl (C=O) groups excluding carboxylic acids is 1. The highest BCUT2D eigenvalue weighted by Gasteiger charge is 2.51. The lowest BCUT2D eigenvalue weighted by atomic mass is 9.49. The van der Waals surface area contributed by atoms with E-state index in [2.05, 4.69) is 28.3 Å². The van der Waals surface area contributed by atoms with Crippen molar-refractivity contribution in [1.82, 2.24) is 10.3 Å². The molecule has 4 saturated carbocycles. The maximum Gasteiger partial charge on any atom is 0.224 e. The zero-order valence-electron chi connectivity index (χ0n) is 19.9. The molecule has 6 rings (SSSR count). The Morgan fingerprint density at radius 2 is 1.79 bits per heavy atom. The second-order valence-corrected chi connectivity index (χ2v) is 11.7. The molecule has 0 spiro atoms. The molecule has 1 amide bonds. The van der Waals surface area contributed by atoms with Crippen molar-refractivity contribution in [3.8, 4) is 0 Å². The Bertz CT molecular complexity index is 942. The summed E-state index contributed by atoms with van der Waals surface area (Å²) in [6.45, 7) is 2.83. The first kappa shape index (κ1) is 23.0. The van der Waals surface area contributed by atoms with Crippen molar-refractivity contribution in [3.05, 3.63) is 30.3 Å². The number of anilines is 2. The summed E-state index contributed by atoms with van der Waals surface area (Å²) in [5, 5.41) is 11.1. The molecule has 4 aliphatic carbocycles. The van der Waals surface area contributed by atoms with Crippen molar-refractivity contribution >= 4 is 40.1 Å². The average molecular weight is 467 g/mol. The number of benzene rings is 1. The minimum absolute atomic E-state index is 0.180. The number of hydrogen-bond acceptors (Lipinski definition) is 5. The zero-order chi connectivity index (χ0) is 22.7. The van der Waals surface area contributed by atoms with Crippen molar-refractivity contribution in [3.63, 3.8) is 0 Å². The normalized spacial score (nSPS) is 27.7. The Balaban J connectivity index is 1.17. The number of hydrogen-bond donors (Lipinski definition) is 3. The maximum atomic E-state index is 13.1. The Kier molecular flexibility index (Phi) is 7.12. The predicted molar refractivity (Wildman–Crippen MR) is 140 cm³/mol. The van der Waals surface area contributed by atoms with Gasteiger partial charge in [0, 0.05) is 24.9 Å². The van der Waals surface area contributed by atoms with Crippen LogP contribution in [0.3, 0.4) is 0 Å². The molecule has 178 valence electrons. The summed E-state index contributed by atoms with van der Waals surface area (Å²) in [5.41, 5.74) is 2.07. The van der Waals surface area contributed by atoms with E-state index in [0.717, 1.165) is 59.8 Å². The third-order valence-electron chi connectivity index (χ3n) is 8.02. The number of pyridine rings is 1. The summed E-state index contributed by atoms with van der Waals surface area (Å²) >= 11 is 1.89. The lowest BCUT2D eigenvalue weighted by Gasteiger charge is -2.56. The molecule has 4 fully saturated rings. The summed E-state index contributed by atoms with van der Waals surface area (Å²) in [5.74, 6) is 4.89. The van der Waals surface area contributed by atoms with Crippen LogP contribution in [0.15, 0.2) is 30.3 Å². The van der Waals surface area contributed by atoms with E-state index in [9.17, 15) is 4.79 Å². The number of rotatable bonds is 11. The van der Waals surface area contributed by atoms with E-state index in [-0.39, 0.29) is 11.3 Å². The first-order valence-corrected chi connectivity index (χ1v) is 14.1. The maximum absolute atomic E-state index is 13.1. The molecule has 4 bridgehead atoms. The highest BCUT2D eigenvalue weighted by Crippen LogP contribution is 2.61. The van der Waals surface area contributed by atoms with Crippen LogP contribution in [0.25, 0.3) is 10.9 Å². The summed E-state index contributed by atoms with van der Waals surface area (Å²) in [4.78, 5) is 17.9. The first-order chi connectivity index (χ1) is 16.1. The van der Waals surface area contributed by atoms with Gasteiger partial charge in [0.05, 0.1) is 11.2 Å². The summed E-state index contributed by atoms with van der Waals surface area (Å²) in [6, 6.07) is 10.1. The largest absolute Gasteiger partial charge is 0.369 e. The summed E-state index contributed by atoms with van der Waals surface area (Å²) < 4.78 is 0. The van der Waals surface area contributed by atoms with Crippen LogP contribution in [0.4, 0.5) is 11.5 Å². The molecule has 4 aliphatic rings. The van der Waals surface area contributed by atoms with Crippen LogP contribution in [-0.4, -0.2) is 42.5 Å². The summed E-state index contributed by atoms with van der Waals surface area (Å²) in [7, 11) is 0. The molecule has 0 radical (unpaired) electrons. The molecule has 0 atom stereocenters. The molecule has 1 aromatic heterocycles. The number of carbonyl (C=O) groups is 1. The van der Waals surface area contributed by atoms with Crippen LogP contribution in [-0.2, 0) is 4.79 Å². The molecule has 1 aromatic carbocycles. The fraction of sp³-hybridized carbons (Fsp3) is 0.630. The number of thioether (sulfide) groups is 1. The standard InChI is InChI=1S/C27H38N4OS/c1-33-11-3-8-28-9-10-29-25-7-6-22-23(30-25)4-2-5-24(22)31-26(32)18-27-15-19-12-20(16-27)14-21(13-19)17-27/h2,4-7,19-21,28H,3,8-18H2,1H3,(H,29,30)(H,31,32). The number of nitrogens with one attached hydrogen (secondary N) is 3. The van der Waals surface area contributed by atoms with Gasteiger partial charge in [-0.1, -0.05) is 6.07 Å². The Hall–Kier alpha value is -1.79. The van der Waals surface area contributed by atoms with Crippen molar-refractivity contribution < 1.29 is 4.79 Å². The van der Waals surface area contributed by atoms with Gasteiger partial charge in [0.15, 0.2) is 0 Å². The summed E-state index contributed by atoms with van der Waals surface area (Å²) in [6.07, 6.45) is 12.1.